The third-order valence-corrected chi connectivity index (χ3v) is 3.86. The smallest absolute Gasteiger partial charge is 0.277 e. The van der Waals surface area contributed by atoms with Crippen molar-refractivity contribution in [3.05, 3.63) is 50.1 Å². The van der Waals surface area contributed by atoms with Crippen LogP contribution in [0.15, 0.2) is 35.4 Å². The molecule has 2 rings (SSSR count). The molecule has 1 amide bonds. The molecule has 0 unspecified atom stereocenters. The fourth-order valence-corrected chi connectivity index (χ4v) is 2.67. The first kappa shape index (κ1) is 15.8. The number of benzene rings is 1. The van der Waals surface area contributed by atoms with Crippen LogP contribution in [0.5, 0.6) is 5.75 Å². The Morgan fingerprint density at radius 2 is 2.19 bits per heavy atom. The fraction of sp³-hybridized carbons (Fsp3) is 0.143. The molecule has 1 N–H and O–H groups in total. The van der Waals surface area contributed by atoms with Crippen molar-refractivity contribution >= 4 is 46.7 Å². The predicted molar refractivity (Wildman–Crippen MR) is 86.7 cm³/mol. The van der Waals surface area contributed by atoms with Crippen LogP contribution in [-0.4, -0.2) is 18.7 Å². The zero-order chi connectivity index (χ0) is 15.2. The first-order chi connectivity index (χ1) is 10.0. The van der Waals surface area contributed by atoms with Crippen molar-refractivity contribution in [3.63, 3.8) is 0 Å². The number of halogens is 2. The molecule has 0 aliphatic rings. The van der Waals surface area contributed by atoms with Gasteiger partial charge in [0.05, 0.1) is 11.2 Å². The highest BCUT2D eigenvalue weighted by Crippen LogP contribution is 2.27. The van der Waals surface area contributed by atoms with Gasteiger partial charge in [0.15, 0.2) is 6.61 Å². The van der Waals surface area contributed by atoms with Gasteiger partial charge in [0.1, 0.15) is 5.75 Å². The summed E-state index contributed by atoms with van der Waals surface area (Å²) in [6.07, 6.45) is 1.59. The largest absolute Gasteiger partial charge is 0.482 e. The highest BCUT2D eigenvalue weighted by molar-refractivity contribution is 7.13. The van der Waals surface area contributed by atoms with Crippen molar-refractivity contribution in [1.82, 2.24) is 5.43 Å². The lowest BCUT2D eigenvalue weighted by atomic mass is 10.3. The number of aryl methyl sites for hydroxylation is 1. The number of nitrogens with zero attached hydrogens (tertiary/aromatic N) is 1. The van der Waals surface area contributed by atoms with E-state index < -0.39 is 0 Å². The summed E-state index contributed by atoms with van der Waals surface area (Å²) >= 11 is 13.3. The van der Waals surface area contributed by atoms with E-state index in [1.165, 1.54) is 4.88 Å². The molecule has 0 atom stereocenters. The summed E-state index contributed by atoms with van der Waals surface area (Å²) in [6.45, 7) is 1.83. The number of amides is 1. The van der Waals surface area contributed by atoms with E-state index in [2.05, 4.69) is 10.5 Å². The summed E-state index contributed by atoms with van der Waals surface area (Å²) in [4.78, 5) is 13.7. The molecule has 1 aromatic carbocycles. The Balaban J connectivity index is 1.81. The van der Waals surface area contributed by atoms with E-state index in [1.54, 1.807) is 35.8 Å². The topological polar surface area (TPSA) is 50.7 Å². The molecule has 0 aliphatic heterocycles. The number of carbonyl (C=O) groups is 1. The molecule has 110 valence electrons. The van der Waals surface area contributed by atoms with Crippen molar-refractivity contribution < 1.29 is 9.53 Å². The quantitative estimate of drug-likeness (QED) is 0.661. The van der Waals surface area contributed by atoms with Gasteiger partial charge in [-0.1, -0.05) is 23.2 Å². The lowest BCUT2D eigenvalue weighted by molar-refractivity contribution is -0.123. The second-order valence-corrected chi connectivity index (χ2v) is 6.27. The Labute approximate surface area is 136 Å². The molecule has 7 heteroatoms. The van der Waals surface area contributed by atoms with Crippen molar-refractivity contribution in [2.75, 3.05) is 6.61 Å². The zero-order valence-electron chi connectivity index (χ0n) is 11.1. The summed E-state index contributed by atoms with van der Waals surface area (Å²) in [5.74, 6) is 0.0274. The minimum atomic E-state index is -0.370. The molecule has 21 heavy (non-hydrogen) atoms. The van der Waals surface area contributed by atoms with Crippen LogP contribution in [0.1, 0.15) is 9.75 Å². The van der Waals surface area contributed by atoms with Gasteiger partial charge in [-0.05, 0) is 37.3 Å². The molecule has 0 spiro atoms. The van der Waals surface area contributed by atoms with Crippen molar-refractivity contribution in [1.29, 1.82) is 0 Å². The van der Waals surface area contributed by atoms with Gasteiger partial charge in [-0.15, -0.1) is 11.3 Å². The van der Waals surface area contributed by atoms with E-state index in [4.69, 9.17) is 27.9 Å². The second-order valence-electron chi connectivity index (χ2n) is 4.11. The monoisotopic (exact) mass is 342 g/mol. The van der Waals surface area contributed by atoms with Crippen LogP contribution in [0.2, 0.25) is 10.0 Å². The first-order valence-corrected chi connectivity index (χ1v) is 7.58. The molecule has 0 aliphatic carbocycles. The van der Waals surface area contributed by atoms with Gasteiger partial charge in [-0.3, -0.25) is 4.79 Å². The van der Waals surface area contributed by atoms with Crippen LogP contribution in [0.25, 0.3) is 0 Å². The minimum absolute atomic E-state index is 0.178. The van der Waals surface area contributed by atoms with Gasteiger partial charge < -0.3 is 4.74 Å². The molecule has 1 aromatic heterocycles. The van der Waals surface area contributed by atoms with Crippen LogP contribution < -0.4 is 10.2 Å². The molecule has 0 radical (unpaired) electrons. The lowest BCUT2D eigenvalue weighted by Crippen LogP contribution is -2.24. The van der Waals surface area contributed by atoms with Gasteiger partial charge in [-0.25, -0.2) is 5.43 Å². The maximum atomic E-state index is 11.6. The lowest BCUT2D eigenvalue weighted by Gasteiger charge is -2.06. The number of hydrogen-bond acceptors (Lipinski definition) is 4. The fourth-order valence-electron chi connectivity index (χ4n) is 1.46. The Morgan fingerprint density at radius 1 is 1.38 bits per heavy atom. The number of thiophene rings is 1. The average molecular weight is 343 g/mol. The number of carbonyl (C=O) groups excluding carboxylic acids is 1. The Hall–Kier alpha value is -1.56. The molecular formula is C14H12Cl2N2O2S. The Kier molecular flexibility index (Phi) is 5.61. The standard InChI is InChI=1S/C14H12Cl2N2O2S/c1-9-2-4-11(21-9)7-17-18-14(19)8-20-13-5-3-10(15)6-12(13)16/h2-7H,8H2,1H3,(H,18,19)/b17-7-. The summed E-state index contributed by atoms with van der Waals surface area (Å²) in [7, 11) is 0. The van der Waals surface area contributed by atoms with Crippen molar-refractivity contribution in [3.8, 4) is 5.75 Å². The van der Waals surface area contributed by atoms with Crippen LogP contribution >= 0.6 is 34.5 Å². The maximum Gasteiger partial charge on any atom is 0.277 e. The van der Waals surface area contributed by atoms with Crippen LogP contribution in [0.4, 0.5) is 0 Å². The molecular weight excluding hydrogens is 331 g/mol. The van der Waals surface area contributed by atoms with Gasteiger partial charge >= 0.3 is 0 Å². The van der Waals surface area contributed by atoms with E-state index in [1.807, 2.05) is 19.1 Å². The molecule has 4 nitrogen and oxygen atoms in total. The van der Waals surface area contributed by atoms with E-state index in [9.17, 15) is 4.79 Å². The Bertz CT molecular complexity index is 671. The van der Waals surface area contributed by atoms with E-state index in [0.29, 0.717) is 15.8 Å². The van der Waals surface area contributed by atoms with Gasteiger partial charge in [0.2, 0.25) is 0 Å². The first-order valence-electron chi connectivity index (χ1n) is 6.01. The SMILES string of the molecule is Cc1ccc(/C=N\NC(=O)COc2ccc(Cl)cc2Cl)s1. The van der Waals surface area contributed by atoms with Crippen LogP contribution in [-0.2, 0) is 4.79 Å². The third kappa shape index (κ3) is 5.04. The maximum absolute atomic E-state index is 11.6. The summed E-state index contributed by atoms with van der Waals surface area (Å²) < 4.78 is 5.29. The van der Waals surface area contributed by atoms with Crippen LogP contribution in [0, 0.1) is 6.92 Å². The average Bonchev–Trinajstić information content (AvgIpc) is 2.83. The predicted octanol–water partition coefficient (Wildman–Crippen LogP) is 3.89. The molecule has 0 bridgehead atoms. The Morgan fingerprint density at radius 3 is 2.86 bits per heavy atom. The molecule has 0 saturated heterocycles. The normalized spacial score (nSPS) is 10.8. The minimum Gasteiger partial charge on any atom is -0.482 e. The summed E-state index contributed by atoms with van der Waals surface area (Å²) in [5.41, 5.74) is 2.38. The zero-order valence-corrected chi connectivity index (χ0v) is 13.4. The highest BCUT2D eigenvalue weighted by atomic mass is 35.5. The number of hydrogen-bond donors (Lipinski definition) is 1. The number of nitrogens with one attached hydrogen (secondary N) is 1. The second kappa shape index (κ2) is 7.45. The molecule has 0 fully saturated rings. The summed E-state index contributed by atoms with van der Waals surface area (Å²) in [5, 5.41) is 4.72. The molecule has 1 heterocycles. The van der Waals surface area contributed by atoms with Gasteiger partial charge in [0, 0.05) is 14.8 Å². The number of hydrazone groups is 1. The number of ether oxygens (including phenoxy) is 1. The van der Waals surface area contributed by atoms with Gasteiger partial charge in [0.25, 0.3) is 5.91 Å². The van der Waals surface area contributed by atoms with Crippen molar-refractivity contribution in [2.45, 2.75) is 6.92 Å². The van der Waals surface area contributed by atoms with Gasteiger partial charge in [-0.2, -0.15) is 5.10 Å². The van der Waals surface area contributed by atoms with Crippen LogP contribution in [0.3, 0.4) is 0 Å². The van der Waals surface area contributed by atoms with E-state index in [0.717, 1.165) is 4.88 Å². The van der Waals surface area contributed by atoms with E-state index >= 15 is 0 Å². The molecule has 0 saturated carbocycles. The van der Waals surface area contributed by atoms with Crippen molar-refractivity contribution in [2.24, 2.45) is 5.10 Å². The van der Waals surface area contributed by atoms with E-state index in [-0.39, 0.29) is 12.5 Å². The summed E-state index contributed by atoms with van der Waals surface area (Å²) in [6, 6.07) is 8.71. The highest BCUT2D eigenvalue weighted by Gasteiger charge is 2.05. The molecule has 2 aromatic rings. The number of rotatable bonds is 5. The third-order valence-electron chi connectivity index (χ3n) is 2.39.